The van der Waals surface area contributed by atoms with Crippen molar-refractivity contribution in [2.45, 2.75) is 66.3 Å². The summed E-state index contributed by atoms with van der Waals surface area (Å²) >= 11 is 0. The first-order valence-electron chi connectivity index (χ1n) is 11.4. The third-order valence-corrected chi connectivity index (χ3v) is 6.03. The molecule has 0 spiro atoms. The molecule has 3 heteroatoms. The van der Waals surface area contributed by atoms with Crippen LogP contribution >= 0.6 is 0 Å². The molecule has 3 nitrogen and oxygen atoms in total. The van der Waals surface area contributed by atoms with Gasteiger partial charge in [0.1, 0.15) is 5.75 Å². The van der Waals surface area contributed by atoms with E-state index in [0.717, 1.165) is 18.6 Å². The highest BCUT2D eigenvalue weighted by molar-refractivity contribution is 5.34. The maximum Gasteiger partial charge on any atom is 0.271 e. The first-order chi connectivity index (χ1) is 14.1. The lowest BCUT2D eigenvalue weighted by atomic mass is 9.84. The molecule has 0 saturated heterocycles. The van der Waals surface area contributed by atoms with Gasteiger partial charge in [0.2, 0.25) is 0 Å². The Kier molecular flexibility index (Phi) is 8.52. The molecule has 0 aliphatic rings. The molecule has 0 aliphatic heterocycles. The van der Waals surface area contributed by atoms with Crippen LogP contribution in [0.15, 0.2) is 54.6 Å². The van der Waals surface area contributed by atoms with Crippen LogP contribution in [0.2, 0.25) is 0 Å². The van der Waals surface area contributed by atoms with Gasteiger partial charge < -0.3 is 9.47 Å². The van der Waals surface area contributed by atoms with Crippen molar-refractivity contribution in [3.63, 3.8) is 0 Å². The van der Waals surface area contributed by atoms with Crippen molar-refractivity contribution in [2.24, 2.45) is 11.8 Å². The van der Waals surface area contributed by atoms with Crippen LogP contribution < -0.4 is 4.74 Å². The van der Waals surface area contributed by atoms with Crippen molar-refractivity contribution >= 4 is 0 Å². The minimum Gasteiger partial charge on any atom is -0.436 e. The lowest BCUT2D eigenvalue weighted by Crippen LogP contribution is -2.65. The van der Waals surface area contributed by atoms with Crippen LogP contribution in [-0.4, -0.2) is 31.4 Å². The molecule has 0 N–H and O–H groups in total. The standard InChI is InChI=1S/C27H42NO2/c1-9-29-23(6)28(7,8)27(20-22(4)5,30-25-16-11-10-12-17-25)26-18-14-13-15-24(26)19-21(2)3/h10-18,21-23H,9,19-20H2,1-8H3/q+1. The van der Waals surface area contributed by atoms with Crippen LogP contribution in [0.5, 0.6) is 5.75 Å². The number of benzene rings is 2. The number of para-hydroxylation sites is 1. The average Bonchev–Trinajstić information content (AvgIpc) is 2.68. The van der Waals surface area contributed by atoms with Gasteiger partial charge in [-0.15, -0.1) is 0 Å². The second-order valence-corrected chi connectivity index (χ2v) is 9.65. The second kappa shape index (κ2) is 10.5. The van der Waals surface area contributed by atoms with Gasteiger partial charge in [-0.2, -0.15) is 0 Å². The van der Waals surface area contributed by atoms with Crippen molar-refractivity contribution in [2.75, 3.05) is 20.7 Å². The molecule has 0 aliphatic carbocycles. The molecule has 2 aromatic rings. The third kappa shape index (κ3) is 5.44. The summed E-state index contributed by atoms with van der Waals surface area (Å²) < 4.78 is 13.8. The number of hydrogen-bond donors (Lipinski definition) is 0. The van der Waals surface area contributed by atoms with E-state index in [4.69, 9.17) is 9.47 Å². The normalized spacial score (nSPS) is 15.3. The lowest BCUT2D eigenvalue weighted by molar-refractivity contribution is -1.01. The Hall–Kier alpha value is -1.84. The second-order valence-electron chi connectivity index (χ2n) is 9.65. The van der Waals surface area contributed by atoms with E-state index in [2.05, 4.69) is 92.0 Å². The first-order valence-corrected chi connectivity index (χ1v) is 11.4. The van der Waals surface area contributed by atoms with E-state index in [0.29, 0.717) is 22.9 Å². The summed E-state index contributed by atoms with van der Waals surface area (Å²) in [6, 6.07) is 19.1. The molecule has 0 aromatic heterocycles. The minimum absolute atomic E-state index is 0.0235. The van der Waals surface area contributed by atoms with Gasteiger partial charge in [0.15, 0.2) is 6.23 Å². The van der Waals surface area contributed by atoms with E-state index in [1.54, 1.807) is 0 Å². The van der Waals surface area contributed by atoms with Crippen LogP contribution in [0.3, 0.4) is 0 Å². The number of rotatable bonds is 11. The lowest BCUT2D eigenvalue weighted by Gasteiger charge is -2.51. The Labute approximate surface area is 184 Å². The van der Waals surface area contributed by atoms with E-state index in [1.165, 1.54) is 11.1 Å². The fraction of sp³-hybridized carbons (Fsp3) is 0.556. The molecule has 0 amide bonds. The van der Waals surface area contributed by atoms with E-state index in [1.807, 2.05) is 18.2 Å². The SMILES string of the molecule is CCOC(C)[N+](C)(C)C(CC(C)C)(Oc1ccccc1)c1ccccc1CC(C)C. The summed E-state index contributed by atoms with van der Waals surface area (Å²) in [7, 11) is 4.50. The van der Waals surface area contributed by atoms with Crippen molar-refractivity contribution < 1.29 is 14.0 Å². The van der Waals surface area contributed by atoms with E-state index < -0.39 is 5.72 Å². The van der Waals surface area contributed by atoms with E-state index in [-0.39, 0.29) is 6.23 Å². The molecule has 166 valence electrons. The van der Waals surface area contributed by atoms with Gasteiger partial charge in [0, 0.05) is 13.3 Å². The quantitative estimate of drug-likeness (QED) is 0.305. The Morgan fingerprint density at radius 3 is 2.00 bits per heavy atom. The van der Waals surface area contributed by atoms with Crippen molar-refractivity contribution in [3.8, 4) is 5.75 Å². The van der Waals surface area contributed by atoms with E-state index in [9.17, 15) is 0 Å². The third-order valence-electron chi connectivity index (χ3n) is 6.03. The minimum atomic E-state index is -0.574. The zero-order valence-electron chi connectivity index (χ0n) is 20.3. The molecule has 2 unspecified atom stereocenters. The highest BCUT2D eigenvalue weighted by atomic mass is 16.5. The Balaban J connectivity index is 2.77. The van der Waals surface area contributed by atoms with Gasteiger partial charge in [0.05, 0.1) is 26.3 Å². The number of quaternary nitrogens is 1. The fourth-order valence-electron chi connectivity index (χ4n) is 4.35. The molecule has 0 radical (unpaired) electrons. The molecule has 30 heavy (non-hydrogen) atoms. The topological polar surface area (TPSA) is 18.5 Å². The zero-order chi connectivity index (χ0) is 22.4. The van der Waals surface area contributed by atoms with Gasteiger partial charge in [-0.25, -0.2) is 0 Å². The number of hydrogen-bond acceptors (Lipinski definition) is 2. The number of ether oxygens (including phenoxy) is 2. The summed E-state index contributed by atoms with van der Waals surface area (Å²) in [5.74, 6) is 1.92. The van der Waals surface area contributed by atoms with E-state index >= 15 is 0 Å². The molecule has 0 heterocycles. The molecule has 2 aromatic carbocycles. The summed E-state index contributed by atoms with van der Waals surface area (Å²) in [5.41, 5.74) is 2.06. The summed E-state index contributed by atoms with van der Waals surface area (Å²) in [5, 5.41) is 0. The van der Waals surface area contributed by atoms with Crippen LogP contribution in [0, 0.1) is 11.8 Å². The molecule has 0 saturated carbocycles. The molecule has 0 bridgehead atoms. The van der Waals surface area contributed by atoms with Crippen LogP contribution in [0.1, 0.15) is 59.1 Å². The molecular formula is C27H42NO2+. The monoisotopic (exact) mass is 412 g/mol. The summed E-state index contributed by atoms with van der Waals surface area (Å²) in [4.78, 5) is 0. The van der Waals surface area contributed by atoms with Crippen LogP contribution in [0.25, 0.3) is 0 Å². The van der Waals surface area contributed by atoms with Crippen LogP contribution in [0.4, 0.5) is 0 Å². The molecule has 2 rings (SSSR count). The average molecular weight is 413 g/mol. The Bertz CT molecular complexity index is 769. The Morgan fingerprint density at radius 1 is 0.833 bits per heavy atom. The smallest absolute Gasteiger partial charge is 0.271 e. The van der Waals surface area contributed by atoms with Gasteiger partial charge in [-0.1, -0.05) is 64.1 Å². The van der Waals surface area contributed by atoms with Gasteiger partial charge in [-0.3, -0.25) is 4.48 Å². The zero-order valence-corrected chi connectivity index (χ0v) is 20.3. The predicted molar refractivity (Wildman–Crippen MR) is 126 cm³/mol. The molecule has 0 fully saturated rings. The molecule has 2 atom stereocenters. The predicted octanol–water partition coefficient (Wildman–Crippen LogP) is 6.62. The van der Waals surface area contributed by atoms with Crippen molar-refractivity contribution in [3.05, 3.63) is 65.7 Å². The summed E-state index contributed by atoms with van der Waals surface area (Å²) in [6.07, 6.45) is 1.89. The van der Waals surface area contributed by atoms with Gasteiger partial charge in [0.25, 0.3) is 5.72 Å². The fourth-order valence-corrected chi connectivity index (χ4v) is 4.35. The Morgan fingerprint density at radius 2 is 1.43 bits per heavy atom. The highest BCUT2D eigenvalue weighted by Gasteiger charge is 2.54. The maximum atomic E-state index is 7.05. The molecular weight excluding hydrogens is 370 g/mol. The first kappa shape index (κ1) is 24.4. The van der Waals surface area contributed by atoms with Gasteiger partial charge >= 0.3 is 0 Å². The highest BCUT2D eigenvalue weighted by Crippen LogP contribution is 2.44. The van der Waals surface area contributed by atoms with Crippen molar-refractivity contribution in [1.29, 1.82) is 0 Å². The van der Waals surface area contributed by atoms with Crippen LogP contribution in [-0.2, 0) is 16.9 Å². The van der Waals surface area contributed by atoms with Gasteiger partial charge in [-0.05, 0) is 48.9 Å². The maximum absolute atomic E-state index is 7.05. The van der Waals surface area contributed by atoms with Crippen molar-refractivity contribution in [1.82, 2.24) is 0 Å². The number of nitrogens with zero attached hydrogens (tertiary/aromatic N) is 1. The summed E-state index contributed by atoms with van der Waals surface area (Å²) in [6.45, 7) is 14.0. The largest absolute Gasteiger partial charge is 0.436 e.